The van der Waals surface area contributed by atoms with Crippen LogP contribution in [0.3, 0.4) is 0 Å². The van der Waals surface area contributed by atoms with Crippen LogP contribution in [0.5, 0.6) is 0 Å². The van der Waals surface area contributed by atoms with Crippen molar-refractivity contribution in [3.05, 3.63) is 0 Å². The van der Waals surface area contributed by atoms with E-state index in [1.807, 2.05) is 0 Å². The zero-order valence-corrected chi connectivity index (χ0v) is 12.4. The van der Waals surface area contributed by atoms with Gasteiger partial charge in [-0.05, 0) is 0 Å². The maximum Gasteiger partial charge on any atom is 4.00 e. The van der Waals surface area contributed by atoms with Crippen LogP contribution in [0.25, 0.3) is 0 Å². The molecule has 0 aliphatic carbocycles. The molecule has 64 valence electrons. The summed E-state index contributed by atoms with van der Waals surface area (Å²) in [6.07, 6.45) is 0. The second kappa shape index (κ2) is 9.26. The van der Waals surface area contributed by atoms with Gasteiger partial charge in [-0.3, -0.25) is 0 Å². The van der Waals surface area contributed by atoms with Crippen LogP contribution in [0.1, 0.15) is 0 Å². The third-order valence-electron chi connectivity index (χ3n) is 0. The Morgan fingerprint density at radius 3 is 0.500 bits per heavy atom. The molecule has 0 spiro atoms. The molecule has 0 unspecified atom stereocenters. The molecule has 0 aliphatic heterocycles. The van der Waals surface area contributed by atoms with Crippen molar-refractivity contribution in [3.63, 3.8) is 0 Å². The zero-order chi connectivity index (χ0) is 9.00. The first-order chi connectivity index (χ1) is 4.00. The monoisotopic (exact) mass is 412 g/mol. The van der Waals surface area contributed by atoms with Gasteiger partial charge in [-0.15, -0.1) is 0 Å². The minimum atomic E-state index is -5.61. The maximum absolute atomic E-state index is 8.58. The molecule has 0 saturated carbocycles. The van der Waals surface area contributed by atoms with Gasteiger partial charge in [0.2, 0.25) is 0 Å². The van der Waals surface area contributed by atoms with Crippen molar-refractivity contribution in [3.8, 4) is 0 Å². The summed E-state index contributed by atoms with van der Waals surface area (Å²) in [4.78, 5) is 68.6. The smallest absolute Gasteiger partial charge is 0.894 e. The average molecular weight is 411 g/mol. The molecule has 0 bridgehead atoms. The molecule has 0 aliphatic rings. The van der Waals surface area contributed by atoms with Gasteiger partial charge in [-0.2, -0.15) is 0 Å². The number of hydrogen-bond donors (Lipinski definition) is 0. The Morgan fingerprint density at radius 2 is 0.500 bits per heavy atom. The zero-order valence-electron chi connectivity index (χ0n) is 5.27. The van der Waals surface area contributed by atoms with Crippen molar-refractivity contribution in [2.24, 2.45) is 0 Å². The fourth-order valence-corrected chi connectivity index (χ4v) is 0. The largest absolute Gasteiger partial charge is 4.00 e. The molecule has 0 aromatic heterocycles. The molecule has 0 rings (SSSR count). The molecule has 8 nitrogen and oxygen atoms in total. The molecule has 0 fully saturated rings. The fourth-order valence-electron chi connectivity index (χ4n) is 0. The van der Waals surface area contributed by atoms with E-state index in [1.54, 1.807) is 0 Å². The topological polar surface area (TPSA) is 184 Å². The Labute approximate surface area is 103 Å². The Hall–Kier alpha value is 1.70. The summed E-state index contributed by atoms with van der Waals surface area (Å²) in [5, 5.41) is 0. The van der Waals surface area contributed by atoms with Gasteiger partial charge in [-0.1, -0.05) is 0 Å². The van der Waals surface area contributed by atoms with Gasteiger partial charge in [0, 0.05) is 0 Å². The van der Waals surface area contributed by atoms with Gasteiger partial charge < -0.3 is 56.5 Å². The van der Waals surface area contributed by atoms with Gasteiger partial charge in [0.05, 0.1) is 0 Å². The molecule has 0 heterocycles. The van der Waals surface area contributed by atoms with E-state index in [2.05, 4.69) is 0 Å². The van der Waals surface area contributed by atoms with Crippen molar-refractivity contribution in [2.45, 2.75) is 0 Å². The van der Waals surface area contributed by atoms with Gasteiger partial charge in [0.25, 0.3) is 0 Å². The van der Waals surface area contributed by atoms with Crippen LogP contribution in [0.15, 0.2) is 0 Å². The van der Waals surface area contributed by atoms with E-state index in [9.17, 15) is 0 Å². The van der Waals surface area contributed by atoms with Crippen molar-refractivity contribution >= 4 is 18.1 Å². The predicted octanol–water partition coefficient (Wildman–Crippen LogP) is -10.3. The van der Waals surface area contributed by atoms with Crippen LogP contribution < -0.4 is 38.4 Å². The van der Waals surface area contributed by atoms with E-state index in [1.165, 1.54) is 0 Å². The summed E-state index contributed by atoms with van der Waals surface area (Å²) in [5.41, 5.74) is 0. The van der Waals surface area contributed by atoms with Crippen molar-refractivity contribution in [2.75, 3.05) is 0 Å². The van der Waals surface area contributed by atoms with E-state index < -0.39 is 18.1 Å². The summed E-state index contributed by atoms with van der Waals surface area (Å²) >= 11 is 0. The third-order valence-corrected chi connectivity index (χ3v) is 0. The van der Waals surface area contributed by atoms with E-state index >= 15 is 0 Å². The van der Waals surface area contributed by atoms with E-state index in [4.69, 9.17) is 38.4 Å². The van der Waals surface area contributed by atoms with Gasteiger partial charge in [0.15, 0.2) is 0 Å². The predicted molar refractivity (Wildman–Crippen MR) is 11.5 cm³/mol. The van der Waals surface area contributed by atoms with Crippen LogP contribution >= 0.6 is 0 Å². The van der Waals surface area contributed by atoms with Crippen LogP contribution in [0, 0.1) is 0 Å². The van der Waals surface area contributed by atoms with Gasteiger partial charge >= 0.3 is 47.6 Å². The molecule has 12 heavy (non-hydrogen) atoms. The molecule has 0 amide bonds. The van der Waals surface area contributed by atoms with Crippen LogP contribution in [-0.2, 0) is 47.6 Å². The molecule has 0 saturated heterocycles. The van der Waals surface area contributed by atoms with Crippen molar-refractivity contribution in [1.29, 1.82) is 0 Å². The minimum absolute atomic E-state index is 0. The molecular weight excluding hydrogens is 411 g/mol. The second-order valence-corrected chi connectivity index (χ2v) is 3.00. The Bertz CT molecular complexity index is 60.0. The first kappa shape index (κ1) is 23.5. The first-order valence-electron chi connectivity index (χ1n) is 1.63. The number of rotatable bonds is 0. The van der Waals surface area contributed by atoms with Gasteiger partial charge in [0.1, 0.15) is 0 Å². The fraction of sp³-hybridized carbons (Fsp3) is 0. The first-order valence-corrected chi connectivity index (χ1v) is 4.90. The maximum atomic E-state index is 8.58. The average Bonchev–Trinajstić information content (AvgIpc) is 1.12. The molecule has 0 radical (unpaired) electrons. The van der Waals surface area contributed by atoms with Crippen LogP contribution in [-0.4, -0.2) is 18.1 Å². The molecule has 12 heteroatoms. The third kappa shape index (κ3) is 464. The molecular formula is HfO8Si2Ti. The molecule has 0 N–H and O–H groups in total. The quantitative estimate of drug-likeness (QED) is 0.352. The summed E-state index contributed by atoms with van der Waals surface area (Å²) in [6.45, 7) is 0. The standard InChI is InChI=1S/Hf.2O4Si.Ti/c;2*1-5(2,3)4;/q+4;2*-4;+4. The molecule has 0 aromatic rings. The van der Waals surface area contributed by atoms with E-state index in [-0.39, 0.29) is 47.6 Å². The number of hydrogen-bond acceptors (Lipinski definition) is 8. The van der Waals surface area contributed by atoms with Crippen molar-refractivity contribution < 1.29 is 85.9 Å². The molecule has 0 aromatic carbocycles. The Morgan fingerprint density at radius 1 is 0.500 bits per heavy atom. The summed E-state index contributed by atoms with van der Waals surface area (Å²) in [5.74, 6) is 0. The van der Waals surface area contributed by atoms with Crippen LogP contribution in [0.2, 0.25) is 0 Å². The Balaban J connectivity index is -0.0000000457. The summed E-state index contributed by atoms with van der Waals surface area (Å²) < 4.78 is 0. The van der Waals surface area contributed by atoms with Crippen molar-refractivity contribution in [1.82, 2.24) is 0 Å². The van der Waals surface area contributed by atoms with Gasteiger partial charge in [-0.25, -0.2) is 0 Å². The van der Waals surface area contributed by atoms with E-state index in [0.29, 0.717) is 0 Å². The SMILES string of the molecule is [Hf+4].[O-][Si]([O-])([O-])[O-].[O-][Si]([O-])([O-])[O-].[Ti+4]. The molecule has 0 atom stereocenters. The Kier molecular flexibility index (Phi) is 18.1. The van der Waals surface area contributed by atoms with Crippen LogP contribution in [0.4, 0.5) is 0 Å². The van der Waals surface area contributed by atoms with E-state index in [0.717, 1.165) is 0 Å². The minimum Gasteiger partial charge on any atom is -0.894 e. The normalized spacial score (nSPS) is 10.0. The second-order valence-electron chi connectivity index (χ2n) is 1.00. The summed E-state index contributed by atoms with van der Waals surface area (Å²) in [7, 11) is -11.2. The summed E-state index contributed by atoms with van der Waals surface area (Å²) in [6, 6.07) is 0.